The summed E-state index contributed by atoms with van der Waals surface area (Å²) in [7, 11) is 1.84. The van der Waals surface area contributed by atoms with E-state index in [1.807, 2.05) is 18.0 Å². The lowest BCUT2D eigenvalue weighted by atomic mass is 10.1. The molecule has 3 rings (SSSR count). The second-order valence-corrected chi connectivity index (χ2v) is 6.12. The number of aromatic nitrogens is 2. The maximum Gasteiger partial charge on any atom is 0.272 e. The second-order valence-electron chi connectivity index (χ2n) is 6.12. The van der Waals surface area contributed by atoms with Gasteiger partial charge < -0.3 is 15.0 Å². The van der Waals surface area contributed by atoms with Gasteiger partial charge in [0.15, 0.2) is 11.5 Å². The van der Waals surface area contributed by atoms with Crippen molar-refractivity contribution in [1.29, 1.82) is 0 Å². The zero-order chi connectivity index (χ0) is 17.6. The molecule has 1 aromatic heterocycles. The van der Waals surface area contributed by atoms with Crippen molar-refractivity contribution >= 4 is 11.7 Å². The fourth-order valence-electron chi connectivity index (χ4n) is 2.74. The van der Waals surface area contributed by atoms with E-state index in [4.69, 9.17) is 4.74 Å². The van der Waals surface area contributed by atoms with E-state index < -0.39 is 0 Å². The molecule has 7 heteroatoms. The molecule has 2 aromatic rings. The van der Waals surface area contributed by atoms with Crippen LogP contribution in [0.15, 0.2) is 36.4 Å². The van der Waals surface area contributed by atoms with Crippen LogP contribution in [-0.2, 0) is 11.3 Å². The van der Waals surface area contributed by atoms with Crippen molar-refractivity contribution in [3.8, 4) is 0 Å². The summed E-state index contributed by atoms with van der Waals surface area (Å²) in [6, 6.07) is 9.94. The first-order valence-corrected chi connectivity index (χ1v) is 8.30. The van der Waals surface area contributed by atoms with Crippen molar-refractivity contribution < 1.29 is 13.9 Å². The van der Waals surface area contributed by atoms with Crippen molar-refractivity contribution in [2.24, 2.45) is 0 Å². The summed E-state index contributed by atoms with van der Waals surface area (Å²) in [5.74, 6) is 0.128. The Balaban J connectivity index is 1.60. The lowest BCUT2D eigenvalue weighted by molar-refractivity contribution is 0.0693. The van der Waals surface area contributed by atoms with Crippen LogP contribution < -0.4 is 10.2 Å². The number of anilines is 1. The van der Waals surface area contributed by atoms with Crippen LogP contribution in [0, 0.1) is 5.82 Å². The normalized spacial score (nSPS) is 15.0. The summed E-state index contributed by atoms with van der Waals surface area (Å²) in [5, 5.41) is 11.1. The molecule has 1 aliphatic heterocycles. The van der Waals surface area contributed by atoms with Crippen LogP contribution in [0.2, 0.25) is 0 Å². The third kappa shape index (κ3) is 4.73. The quantitative estimate of drug-likeness (QED) is 0.900. The number of nitrogens with one attached hydrogen (secondary N) is 1. The smallest absolute Gasteiger partial charge is 0.272 e. The average molecular weight is 344 g/mol. The van der Waals surface area contributed by atoms with Crippen molar-refractivity contribution in [2.75, 3.05) is 25.2 Å². The summed E-state index contributed by atoms with van der Waals surface area (Å²) >= 11 is 0. The first kappa shape index (κ1) is 17.3. The standard InChI is InChI=1S/C18H21FN4O2/c1-23(12-13-3-2-4-14(19)11-13)17-6-5-16(21-22-17)18(24)20-15-7-9-25-10-8-15/h2-6,11,15H,7-10,12H2,1H3,(H,20,24). The van der Waals surface area contributed by atoms with E-state index in [1.54, 1.807) is 18.2 Å². The van der Waals surface area contributed by atoms with Crippen LogP contribution in [0.5, 0.6) is 0 Å². The van der Waals surface area contributed by atoms with Crippen LogP contribution in [0.1, 0.15) is 28.9 Å². The minimum absolute atomic E-state index is 0.123. The van der Waals surface area contributed by atoms with Gasteiger partial charge in [0.25, 0.3) is 5.91 Å². The molecule has 6 nitrogen and oxygen atoms in total. The van der Waals surface area contributed by atoms with Crippen LogP contribution in [0.3, 0.4) is 0 Å². The predicted octanol–water partition coefficient (Wildman–Crippen LogP) is 2.16. The molecule has 0 unspecified atom stereocenters. The fraction of sp³-hybridized carbons (Fsp3) is 0.389. The molecule has 1 amide bonds. The van der Waals surface area contributed by atoms with E-state index in [-0.39, 0.29) is 23.5 Å². The molecule has 1 saturated heterocycles. The van der Waals surface area contributed by atoms with Gasteiger partial charge in [-0.25, -0.2) is 4.39 Å². The van der Waals surface area contributed by atoms with Crippen molar-refractivity contribution in [3.63, 3.8) is 0 Å². The topological polar surface area (TPSA) is 67.4 Å². The molecular weight excluding hydrogens is 323 g/mol. The van der Waals surface area contributed by atoms with E-state index in [1.165, 1.54) is 12.1 Å². The van der Waals surface area contributed by atoms with Gasteiger partial charge in [-0.3, -0.25) is 4.79 Å². The molecule has 0 bridgehead atoms. The number of amides is 1. The Morgan fingerprint density at radius 1 is 1.28 bits per heavy atom. The summed E-state index contributed by atoms with van der Waals surface area (Å²) in [6.07, 6.45) is 1.63. The zero-order valence-electron chi connectivity index (χ0n) is 14.1. The number of rotatable bonds is 5. The molecule has 0 atom stereocenters. The number of hydrogen-bond acceptors (Lipinski definition) is 5. The summed E-state index contributed by atoms with van der Waals surface area (Å²) in [6.45, 7) is 1.83. The van der Waals surface area contributed by atoms with E-state index >= 15 is 0 Å². The van der Waals surface area contributed by atoms with Crippen molar-refractivity contribution in [2.45, 2.75) is 25.4 Å². The fourth-order valence-corrected chi connectivity index (χ4v) is 2.74. The van der Waals surface area contributed by atoms with Gasteiger partial charge in [-0.05, 0) is 42.7 Å². The number of halogens is 1. The van der Waals surface area contributed by atoms with E-state index in [2.05, 4.69) is 15.5 Å². The number of carbonyl (C=O) groups excluding carboxylic acids is 1. The van der Waals surface area contributed by atoms with Gasteiger partial charge in [-0.15, -0.1) is 10.2 Å². The number of nitrogens with zero attached hydrogens (tertiary/aromatic N) is 3. The highest BCUT2D eigenvalue weighted by molar-refractivity contribution is 5.92. The van der Waals surface area contributed by atoms with Crippen molar-refractivity contribution in [1.82, 2.24) is 15.5 Å². The monoisotopic (exact) mass is 344 g/mol. The lowest BCUT2D eigenvalue weighted by Gasteiger charge is -2.23. The molecule has 2 heterocycles. The van der Waals surface area contributed by atoms with Crippen LogP contribution in [0.25, 0.3) is 0 Å². The molecule has 0 spiro atoms. The third-order valence-electron chi connectivity index (χ3n) is 4.14. The molecule has 1 N–H and O–H groups in total. The Kier molecular flexibility index (Phi) is 5.55. The minimum Gasteiger partial charge on any atom is -0.381 e. The molecule has 132 valence electrons. The molecule has 0 radical (unpaired) electrons. The summed E-state index contributed by atoms with van der Waals surface area (Å²) < 4.78 is 18.5. The number of ether oxygens (including phenoxy) is 1. The Bertz CT molecular complexity index is 717. The van der Waals surface area contributed by atoms with E-state index in [0.29, 0.717) is 25.6 Å². The van der Waals surface area contributed by atoms with Crippen molar-refractivity contribution in [3.05, 3.63) is 53.5 Å². The predicted molar refractivity (Wildman–Crippen MR) is 91.8 cm³/mol. The largest absolute Gasteiger partial charge is 0.381 e. The zero-order valence-corrected chi connectivity index (χ0v) is 14.1. The van der Waals surface area contributed by atoms with E-state index in [9.17, 15) is 9.18 Å². The van der Waals surface area contributed by atoms with Gasteiger partial charge in [0, 0.05) is 32.8 Å². The van der Waals surface area contributed by atoms with Gasteiger partial charge in [-0.1, -0.05) is 12.1 Å². The van der Waals surface area contributed by atoms with Gasteiger partial charge in [-0.2, -0.15) is 0 Å². The highest BCUT2D eigenvalue weighted by Crippen LogP contribution is 2.13. The number of carbonyl (C=O) groups is 1. The number of benzene rings is 1. The van der Waals surface area contributed by atoms with Crippen LogP contribution in [-0.4, -0.2) is 42.4 Å². The SMILES string of the molecule is CN(Cc1cccc(F)c1)c1ccc(C(=O)NC2CCOCC2)nn1. The molecule has 0 aliphatic carbocycles. The Labute approximate surface area is 146 Å². The highest BCUT2D eigenvalue weighted by Gasteiger charge is 2.18. The van der Waals surface area contributed by atoms with Gasteiger partial charge in [0.2, 0.25) is 0 Å². The molecular formula is C18H21FN4O2. The summed E-state index contributed by atoms with van der Waals surface area (Å²) in [5.41, 5.74) is 1.13. The van der Waals surface area contributed by atoms with Crippen LogP contribution in [0.4, 0.5) is 10.2 Å². The maximum atomic E-state index is 13.3. The minimum atomic E-state index is -0.267. The third-order valence-corrected chi connectivity index (χ3v) is 4.14. The molecule has 1 aliphatic rings. The number of hydrogen-bond donors (Lipinski definition) is 1. The average Bonchev–Trinajstić information content (AvgIpc) is 2.62. The second kappa shape index (κ2) is 8.02. The Morgan fingerprint density at radius 2 is 2.08 bits per heavy atom. The lowest BCUT2D eigenvalue weighted by Crippen LogP contribution is -2.39. The van der Waals surface area contributed by atoms with Gasteiger partial charge in [0.05, 0.1) is 0 Å². The van der Waals surface area contributed by atoms with Crippen LogP contribution >= 0.6 is 0 Å². The Hall–Kier alpha value is -2.54. The Morgan fingerprint density at radius 3 is 2.76 bits per heavy atom. The van der Waals surface area contributed by atoms with Gasteiger partial charge in [0.1, 0.15) is 5.82 Å². The summed E-state index contributed by atoms with van der Waals surface area (Å²) in [4.78, 5) is 14.1. The molecule has 25 heavy (non-hydrogen) atoms. The van der Waals surface area contributed by atoms with E-state index in [0.717, 1.165) is 18.4 Å². The first-order chi connectivity index (χ1) is 12.1. The maximum absolute atomic E-state index is 13.3. The van der Waals surface area contributed by atoms with Gasteiger partial charge >= 0.3 is 0 Å². The first-order valence-electron chi connectivity index (χ1n) is 8.30. The molecule has 1 fully saturated rings. The highest BCUT2D eigenvalue weighted by atomic mass is 19.1. The molecule has 1 aromatic carbocycles. The molecule has 0 saturated carbocycles.